The monoisotopic (exact) mass is 893 g/mol. The highest BCUT2D eigenvalue weighted by atomic mass is 15.0. The van der Waals surface area contributed by atoms with Gasteiger partial charge in [-0.25, -0.2) is 9.97 Å². The van der Waals surface area contributed by atoms with Gasteiger partial charge >= 0.3 is 0 Å². The van der Waals surface area contributed by atoms with Crippen molar-refractivity contribution in [2.45, 2.75) is 6.92 Å². The van der Waals surface area contributed by atoms with Crippen LogP contribution in [0, 0.1) is 6.92 Å². The molecule has 0 saturated heterocycles. The van der Waals surface area contributed by atoms with Gasteiger partial charge in [-0.3, -0.25) is 0 Å². The lowest BCUT2D eigenvalue weighted by molar-refractivity contribution is 1.16. The fourth-order valence-corrected chi connectivity index (χ4v) is 10.9. The van der Waals surface area contributed by atoms with Crippen LogP contribution in [0.5, 0.6) is 0 Å². The van der Waals surface area contributed by atoms with E-state index in [1.807, 2.05) is 6.07 Å². The van der Waals surface area contributed by atoms with Crippen molar-refractivity contribution >= 4 is 65.4 Å². The number of hydrogen-bond acceptors (Lipinski definition) is 2. The zero-order valence-electron chi connectivity index (χ0n) is 38.3. The Morgan fingerprint density at radius 3 is 1.11 bits per heavy atom. The summed E-state index contributed by atoms with van der Waals surface area (Å²) in [4.78, 5) is 10.2. The van der Waals surface area contributed by atoms with Gasteiger partial charge in [0.1, 0.15) is 0 Å². The van der Waals surface area contributed by atoms with E-state index in [2.05, 4.69) is 257 Å². The molecular weight excluding hydrogens is 851 g/mol. The van der Waals surface area contributed by atoms with Crippen molar-refractivity contribution < 1.29 is 0 Å². The largest absolute Gasteiger partial charge is 0.309 e. The molecular formula is C65H43N5. The van der Waals surface area contributed by atoms with Crippen LogP contribution >= 0.6 is 0 Å². The molecule has 4 heterocycles. The first-order chi connectivity index (χ1) is 34.6. The van der Waals surface area contributed by atoms with Crippen LogP contribution in [0.25, 0.3) is 128 Å². The van der Waals surface area contributed by atoms with Crippen molar-refractivity contribution in [3.05, 3.63) is 248 Å². The maximum Gasteiger partial charge on any atom is 0.160 e. The zero-order chi connectivity index (χ0) is 46.3. The molecule has 5 heteroatoms. The second-order valence-electron chi connectivity index (χ2n) is 18.2. The van der Waals surface area contributed by atoms with Crippen LogP contribution in [0.1, 0.15) is 5.56 Å². The lowest BCUT2D eigenvalue weighted by atomic mass is 10.0. The van der Waals surface area contributed by atoms with Gasteiger partial charge in [-0.15, -0.1) is 0 Å². The lowest BCUT2D eigenvalue weighted by Crippen LogP contribution is -1.97. The van der Waals surface area contributed by atoms with Crippen LogP contribution in [0.2, 0.25) is 0 Å². The first-order valence-electron chi connectivity index (χ1n) is 23.9. The first kappa shape index (κ1) is 39.8. The maximum atomic E-state index is 5.13. The van der Waals surface area contributed by atoms with Crippen LogP contribution in [0.4, 0.5) is 0 Å². The van der Waals surface area contributed by atoms with Crippen molar-refractivity contribution in [2.24, 2.45) is 0 Å². The number of benzene rings is 10. The Labute approximate surface area is 404 Å². The number of aromatic nitrogens is 5. The molecule has 14 rings (SSSR count). The molecule has 0 aliphatic heterocycles. The molecule has 328 valence electrons. The van der Waals surface area contributed by atoms with E-state index in [1.54, 1.807) is 0 Å². The normalized spacial score (nSPS) is 11.8. The minimum atomic E-state index is 0.727. The number of nitrogens with zero attached hydrogens (tertiary/aromatic N) is 5. The van der Waals surface area contributed by atoms with E-state index in [0.717, 1.165) is 78.7 Å². The third kappa shape index (κ3) is 6.33. The third-order valence-corrected chi connectivity index (χ3v) is 14.2. The summed E-state index contributed by atoms with van der Waals surface area (Å²) in [5.74, 6) is 0.727. The summed E-state index contributed by atoms with van der Waals surface area (Å²) in [7, 11) is 0. The predicted molar refractivity (Wildman–Crippen MR) is 292 cm³/mol. The molecule has 5 nitrogen and oxygen atoms in total. The minimum absolute atomic E-state index is 0.727. The Bertz CT molecular complexity index is 4070. The van der Waals surface area contributed by atoms with Crippen LogP contribution in [-0.2, 0) is 0 Å². The molecule has 0 fully saturated rings. The number of aryl methyl sites for hydroxylation is 1. The molecule has 0 unspecified atom stereocenters. The van der Waals surface area contributed by atoms with Gasteiger partial charge in [0.25, 0.3) is 0 Å². The Morgan fingerprint density at radius 1 is 0.271 bits per heavy atom. The molecule has 70 heavy (non-hydrogen) atoms. The van der Waals surface area contributed by atoms with Gasteiger partial charge in [0.15, 0.2) is 5.82 Å². The highest BCUT2D eigenvalue weighted by Gasteiger charge is 2.20. The molecule has 0 bridgehead atoms. The van der Waals surface area contributed by atoms with Gasteiger partial charge < -0.3 is 13.7 Å². The fourth-order valence-electron chi connectivity index (χ4n) is 10.9. The minimum Gasteiger partial charge on any atom is -0.309 e. The van der Waals surface area contributed by atoms with Gasteiger partial charge in [-0.1, -0.05) is 164 Å². The van der Waals surface area contributed by atoms with Gasteiger partial charge in [-0.05, 0) is 102 Å². The van der Waals surface area contributed by atoms with Crippen molar-refractivity contribution in [3.63, 3.8) is 0 Å². The smallest absolute Gasteiger partial charge is 0.160 e. The fraction of sp³-hybridized carbons (Fsp3) is 0.0154. The Kier molecular flexibility index (Phi) is 9.04. The summed E-state index contributed by atoms with van der Waals surface area (Å²) in [5.41, 5.74) is 18.8. The average molecular weight is 894 g/mol. The third-order valence-electron chi connectivity index (χ3n) is 14.2. The van der Waals surface area contributed by atoms with Gasteiger partial charge in [-0.2, -0.15) is 0 Å². The molecule has 0 spiro atoms. The quantitative estimate of drug-likeness (QED) is 0.160. The molecule has 0 aliphatic rings. The van der Waals surface area contributed by atoms with Crippen LogP contribution in [0.3, 0.4) is 0 Å². The van der Waals surface area contributed by atoms with E-state index in [9.17, 15) is 0 Å². The van der Waals surface area contributed by atoms with Gasteiger partial charge in [0, 0.05) is 66.1 Å². The van der Waals surface area contributed by atoms with E-state index in [-0.39, 0.29) is 0 Å². The number of hydrogen-bond donors (Lipinski definition) is 0. The van der Waals surface area contributed by atoms with E-state index in [4.69, 9.17) is 9.97 Å². The molecule has 0 atom stereocenters. The maximum absolute atomic E-state index is 5.13. The summed E-state index contributed by atoms with van der Waals surface area (Å²) in [5, 5.41) is 7.40. The Morgan fingerprint density at radius 2 is 0.629 bits per heavy atom. The molecule has 0 saturated carbocycles. The van der Waals surface area contributed by atoms with Crippen molar-refractivity contribution in [3.8, 4) is 62.1 Å². The molecule has 0 N–H and O–H groups in total. The number of para-hydroxylation sites is 4. The second-order valence-corrected chi connectivity index (χ2v) is 18.2. The van der Waals surface area contributed by atoms with E-state index >= 15 is 0 Å². The van der Waals surface area contributed by atoms with Crippen molar-refractivity contribution in [1.82, 2.24) is 23.7 Å². The van der Waals surface area contributed by atoms with E-state index in [0.29, 0.717) is 0 Å². The van der Waals surface area contributed by atoms with Crippen molar-refractivity contribution in [2.75, 3.05) is 0 Å². The SMILES string of the molecule is Cc1ccccc1-c1nc(-c2ccccc2)cc(-c2ccc(-c3ccc(-n4c5ccc(-n6c7ccccc7c7ccccc76)cc5c5cc(-n6c7ccccc7c7ccccc76)ccc54)cc3)cc2)n1. The summed E-state index contributed by atoms with van der Waals surface area (Å²) in [6.45, 7) is 2.11. The molecule has 0 radical (unpaired) electrons. The molecule has 0 amide bonds. The second kappa shape index (κ2) is 15.9. The highest BCUT2D eigenvalue weighted by Crippen LogP contribution is 2.40. The topological polar surface area (TPSA) is 40.6 Å². The molecule has 14 aromatic rings. The van der Waals surface area contributed by atoms with E-state index < -0.39 is 0 Å². The van der Waals surface area contributed by atoms with Gasteiger partial charge in [0.05, 0.1) is 44.5 Å². The molecule has 4 aromatic heterocycles. The zero-order valence-corrected chi connectivity index (χ0v) is 38.3. The number of fused-ring (bicyclic) bond motifs is 9. The van der Waals surface area contributed by atoms with Crippen LogP contribution < -0.4 is 0 Å². The summed E-state index contributed by atoms with van der Waals surface area (Å²) in [6.07, 6.45) is 0. The molecule has 10 aromatic carbocycles. The molecule has 0 aliphatic carbocycles. The predicted octanol–water partition coefficient (Wildman–Crippen LogP) is 16.7. The summed E-state index contributed by atoms with van der Waals surface area (Å²) >= 11 is 0. The summed E-state index contributed by atoms with van der Waals surface area (Å²) < 4.78 is 7.26. The van der Waals surface area contributed by atoms with Gasteiger partial charge in [0.2, 0.25) is 0 Å². The Balaban J connectivity index is 0.890. The highest BCUT2D eigenvalue weighted by molar-refractivity contribution is 6.14. The standard InChI is InChI=1S/C65H43N5/c1-42-15-5-6-18-50(42)65-66-57(45-16-3-2-4-17-45)41-58(67-65)46-29-27-43(28-30-46)44-31-33-47(34-32-44)68-63-37-35-48(69-59-23-11-7-19-51(59)52-20-8-12-24-60(52)69)39-55(63)56-40-49(36-38-64(56)68)70-61-25-13-9-21-53(61)54-22-10-14-26-62(54)70/h2-41H,1H3. The Hall–Kier alpha value is -9.32. The first-order valence-corrected chi connectivity index (χ1v) is 23.9. The number of rotatable bonds is 7. The van der Waals surface area contributed by atoms with Crippen LogP contribution in [0.15, 0.2) is 243 Å². The summed E-state index contributed by atoms with van der Waals surface area (Å²) in [6, 6.07) is 87.5. The van der Waals surface area contributed by atoms with Crippen LogP contribution in [-0.4, -0.2) is 23.7 Å². The lowest BCUT2D eigenvalue weighted by Gasteiger charge is -2.12. The van der Waals surface area contributed by atoms with Crippen molar-refractivity contribution in [1.29, 1.82) is 0 Å². The average Bonchev–Trinajstić information content (AvgIpc) is 4.06. The van der Waals surface area contributed by atoms with E-state index in [1.165, 1.54) is 54.4 Å².